The van der Waals surface area contributed by atoms with E-state index in [2.05, 4.69) is 45.0 Å². The second kappa shape index (κ2) is 7.91. The van der Waals surface area contributed by atoms with E-state index < -0.39 is 0 Å². The highest BCUT2D eigenvalue weighted by Crippen LogP contribution is 2.38. The van der Waals surface area contributed by atoms with Gasteiger partial charge in [0.25, 0.3) is 0 Å². The van der Waals surface area contributed by atoms with Gasteiger partial charge in [-0.05, 0) is 25.0 Å². The molecule has 3 N–H and O–H groups in total. The molecule has 0 saturated heterocycles. The molecule has 0 radical (unpaired) electrons. The summed E-state index contributed by atoms with van der Waals surface area (Å²) in [5.74, 6) is 1.11. The van der Waals surface area contributed by atoms with Crippen LogP contribution in [0.3, 0.4) is 0 Å². The van der Waals surface area contributed by atoms with E-state index in [1.165, 1.54) is 0 Å². The number of H-pyrrole nitrogens is 1. The van der Waals surface area contributed by atoms with E-state index in [0.29, 0.717) is 17.4 Å². The van der Waals surface area contributed by atoms with Crippen molar-refractivity contribution < 1.29 is 4.42 Å². The molecule has 1 aromatic carbocycles. The summed E-state index contributed by atoms with van der Waals surface area (Å²) in [7, 11) is 0. The molecule has 0 aliphatic heterocycles. The first kappa shape index (κ1) is 19.4. The SMILES string of the molecule is CCCC(CCC)n1cc(-c2cnc(N)c3oc(-c4cccc5cn[nH]c45)cc23)cn1. The number of hydrogen-bond acceptors (Lipinski definition) is 5. The van der Waals surface area contributed by atoms with Crippen molar-refractivity contribution in [3.63, 3.8) is 0 Å². The standard InChI is InChI=1S/C24H26N6O/c1-3-6-17(7-4-2)30-14-16(12-28-30)20-13-26-24(25)23-19(20)10-21(31-23)18-9-5-8-15-11-27-29-22(15)18/h5,8-14,17H,3-4,6-7H2,1-2H3,(H2,25,26)(H,27,29). The van der Waals surface area contributed by atoms with Crippen LogP contribution in [0.4, 0.5) is 5.82 Å². The average Bonchev–Trinajstić information content (AvgIpc) is 3.52. The van der Waals surface area contributed by atoms with Gasteiger partial charge < -0.3 is 10.2 Å². The first-order chi connectivity index (χ1) is 15.2. The monoisotopic (exact) mass is 414 g/mol. The fourth-order valence-electron chi connectivity index (χ4n) is 4.33. The largest absolute Gasteiger partial charge is 0.452 e. The van der Waals surface area contributed by atoms with Crippen LogP contribution in [0.5, 0.6) is 0 Å². The van der Waals surface area contributed by atoms with E-state index in [1.807, 2.05) is 36.7 Å². The molecule has 5 aromatic rings. The van der Waals surface area contributed by atoms with Crippen molar-refractivity contribution in [2.24, 2.45) is 0 Å². The minimum absolute atomic E-state index is 0.379. The maximum atomic E-state index is 6.19. The summed E-state index contributed by atoms with van der Waals surface area (Å²) in [5, 5.41) is 13.9. The number of furan rings is 1. The van der Waals surface area contributed by atoms with E-state index in [9.17, 15) is 0 Å². The van der Waals surface area contributed by atoms with Crippen LogP contribution in [0.25, 0.3) is 44.3 Å². The molecule has 0 aliphatic carbocycles. The lowest BCUT2D eigenvalue weighted by Crippen LogP contribution is -2.08. The molecule has 0 spiro atoms. The van der Waals surface area contributed by atoms with Crippen molar-refractivity contribution in [3.05, 3.63) is 49.1 Å². The van der Waals surface area contributed by atoms with E-state index >= 15 is 0 Å². The maximum absolute atomic E-state index is 6.19. The molecule has 31 heavy (non-hydrogen) atoms. The Morgan fingerprint density at radius 2 is 1.94 bits per heavy atom. The summed E-state index contributed by atoms with van der Waals surface area (Å²) in [5.41, 5.74) is 10.6. The summed E-state index contributed by atoms with van der Waals surface area (Å²) in [4.78, 5) is 4.40. The average molecular weight is 415 g/mol. The zero-order valence-corrected chi connectivity index (χ0v) is 17.8. The maximum Gasteiger partial charge on any atom is 0.177 e. The van der Waals surface area contributed by atoms with Crippen molar-refractivity contribution in [1.82, 2.24) is 25.0 Å². The molecule has 0 unspecified atom stereocenters. The third-order valence-electron chi connectivity index (χ3n) is 5.86. The number of fused-ring (bicyclic) bond motifs is 2. The topological polar surface area (TPSA) is 98.5 Å². The number of para-hydroxylation sites is 1. The highest BCUT2D eigenvalue weighted by atomic mass is 16.3. The van der Waals surface area contributed by atoms with Crippen molar-refractivity contribution in [2.45, 2.75) is 45.6 Å². The Kier molecular flexibility index (Phi) is 4.94. The van der Waals surface area contributed by atoms with Crippen molar-refractivity contribution in [2.75, 3.05) is 5.73 Å². The number of hydrogen-bond donors (Lipinski definition) is 2. The number of nitrogen functional groups attached to an aromatic ring is 1. The van der Waals surface area contributed by atoms with Crippen LogP contribution >= 0.6 is 0 Å². The first-order valence-corrected chi connectivity index (χ1v) is 10.8. The predicted octanol–water partition coefficient (Wildman–Crippen LogP) is 5.96. The summed E-state index contributed by atoms with van der Waals surface area (Å²) in [6.45, 7) is 4.43. The Morgan fingerprint density at radius 3 is 2.74 bits per heavy atom. The Hall–Kier alpha value is -3.61. The molecule has 5 rings (SSSR count). The molecule has 7 heteroatoms. The molecule has 0 atom stereocenters. The second-order valence-corrected chi connectivity index (χ2v) is 7.99. The Morgan fingerprint density at radius 1 is 1.10 bits per heavy atom. The molecule has 0 bridgehead atoms. The summed E-state index contributed by atoms with van der Waals surface area (Å²) >= 11 is 0. The lowest BCUT2D eigenvalue weighted by atomic mass is 10.0. The number of pyridine rings is 1. The van der Waals surface area contributed by atoms with Crippen LogP contribution in [0.15, 0.2) is 53.5 Å². The summed E-state index contributed by atoms with van der Waals surface area (Å²) in [6, 6.07) is 8.47. The zero-order valence-electron chi connectivity index (χ0n) is 17.8. The van der Waals surface area contributed by atoms with E-state index in [0.717, 1.165) is 64.4 Å². The molecular formula is C24H26N6O. The minimum atomic E-state index is 0.379. The molecule has 0 aliphatic rings. The van der Waals surface area contributed by atoms with Crippen LogP contribution in [0.1, 0.15) is 45.6 Å². The van der Waals surface area contributed by atoms with Gasteiger partial charge in [-0.1, -0.05) is 38.8 Å². The number of rotatable bonds is 7. The zero-order chi connectivity index (χ0) is 21.4. The van der Waals surface area contributed by atoms with Gasteiger partial charge in [0, 0.05) is 39.9 Å². The quantitative estimate of drug-likeness (QED) is 0.342. The number of nitrogens with one attached hydrogen (secondary N) is 1. The van der Waals surface area contributed by atoms with Crippen LogP contribution in [0.2, 0.25) is 0 Å². The van der Waals surface area contributed by atoms with Gasteiger partial charge in [0.05, 0.1) is 24.0 Å². The van der Waals surface area contributed by atoms with Gasteiger partial charge >= 0.3 is 0 Å². The van der Waals surface area contributed by atoms with Gasteiger partial charge in [-0.15, -0.1) is 0 Å². The van der Waals surface area contributed by atoms with Gasteiger partial charge in [-0.3, -0.25) is 9.78 Å². The molecule has 0 saturated carbocycles. The first-order valence-electron chi connectivity index (χ1n) is 10.8. The van der Waals surface area contributed by atoms with Gasteiger partial charge in [0.15, 0.2) is 11.4 Å². The fourth-order valence-corrected chi connectivity index (χ4v) is 4.33. The molecule has 4 aromatic heterocycles. The summed E-state index contributed by atoms with van der Waals surface area (Å²) in [6.07, 6.45) is 12.2. The van der Waals surface area contributed by atoms with E-state index in [1.54, 1.807) is 6.20 Å². The fraction of sp³-hybridized carbons (Fsp3) is 0.292. The number of anilines is 1. The molecule has 0 fully saturated rings. The molecule has 158 valence electrons. The van der Waals surface area contributed by atoms with Gasteiger partial charge in [0.2, 0.25) is 0 Å². The van der Waals surface area contributed by atoms with Crippen molar-refractivity contribution in [3.8, 4) is 22.5 Å². The van der Waals surface area contributed by atoms with Crippen LogP contribution in [-0.2, 0) is 0 Å². The molecular weight excluding hydrogens is 388 g/mol. The normalized spacial score (nSPS) is 11.8. The lowest BCUT2D eigenvalue weighted by molar-refractivity contribution is 0.391. The van der Waals surface area contributed by atoms with Crippen molar-refractivity contribution >= 4 is 27.7 Å². The number of nitrogens with zero attached hydrogens (tertiary/aromatic N) is 4. The van der Waals surface area contributed by atoms with Crippen LogP contribution in [0, 0.1) is 0 Å². The lowest BCUT2D eigenvalue weighted by Gasteiger charge is -2.15. The Bertz CT molecular complexity index is 1340. The van der Waals surface area contributed by atoms with Crippen LogP contribution in [-0.4, -0.2) is 25.0 Å². The predicted molar refractivity (Wildman–Crippen MR) is 124 cm³/mol. The van der Waals surface area contributed by atoms with Crippen LogP contribution < -0.4 is 5.73 Å². The van der Waals surface area contributed by atoms with Gasteiger partial charge in [-0.25, -0.2) is 4.98 Å². The highest BCUT2D eigenvalue weighted by molar-refractivity contribution is 6.02. The minimum Gasteiger partial charge on any atom is -0.452 e. The van der Waals surface area contributed by atoms with Gasteiger partial charge in [-0.2, -0.15) is 10.2 Å². The van der Waals surface area contributed by atoms with Crippen molar-refractivity contribution in [1.29, 1.82) is 0 Å². The number of benzene rings is 1. The van der Waals surface area contributed by atoms with Gasteiger partial charge in [0.1, 0.15) is 5.76 Å². The third-order valence-corrected chi connectivity index (χ3v) is 5.86. The smallest absolute Gasteiger partial charge is 0.177 e. The Balaban J connectivity index is 1.61. The number of aromatic nitrogens is 5. The van der Waals surface area contributed by atoms with E-state index in [4.69, 9.17) is 10.2 Å². The third kappa shape index (κ3) is 3.36. The number of aromatic amines is 1. The molecule has 4 heterocycles. The highest BCUT2D eigenvalue weighted by Gasteiger charge is 2.18. The Labute approximate surface area is 180 Å². The molecule has 7 nitrogen and oxygen atoms in total. The molecule has 0 amide bonds. The summed E-state index contributed by atoms with van der Waals surface area (Å²) < 4.78 is 8.29. The number of nitrogens with two attached hydrogens (primary N) is 1. The van der Waals surface area contributed by atoms with E-state index in [-0.39, 0.29) is 0 Å². The second-order valence-electron chi connectivity index (χ2n) is 7.99.